The van der Waals surface area contributed by atoms with Gasteiger partial charge in [-0.25, -0.2) is 0 Å². The van der Waals surface area contributed by atoms with Crippen molar-refractivity contribution in [3.63, 3.8) is 0 Å². The van der Waals surface area contributed by atoms with Crippen LogP contribution in [0.3, 0.4) is 0 Å². The standard InChI is InChI=1S/C10H13NO/c1-2-11-8-10(12)9-6-4-3-5-7-9/h3-7,11H,2,8H2,1H3. The molecule has 64 valence electrons. The molecule has 1 rings (SSSR count). The maximum absolute atomic E-state index is 11.3. The molecule has 0 amide bonds. The zero-order valence-electron chi connectivity index (χ0n) is 7.21. The molecular weight excluding hydrogens is 150 g/mol. The zero-order valence-corrected chi connectivity index (χ0v) is 7.21. The molecule has 1 aromatic rings. The highest BCUT2D eigenvalue weighted by Crippen LogP contribution is 1.98. The lowest BCUT2D eigenvalue weighted by atomic mass is 10.1. The third-order valence-corrected chi connectivity index (χ3v) is 1.63. The molecule has 0 unspecified atom stereocenters. The van der Waals surface area contributed by atoms with Crippen molar-refractivity contribution in [2.45, 2.75) is 6.92 Å². The van der Waals surface area contributed by atoms with Gasteiger partial charge in [-0.15, -0.1) is 0 Å². The van der Waals surface area contributed by atoms with Crippen LogP contribution >= 0.6 is 0 Å². The van der Waals surface area contributed by atoms with Crippen LogP contribution in [0.5, 0.6) is 0 Å². The summed E-state index contributed by atoms with van der Waals surface area (Å²) >= 11 is 0. The van der Waals surface area contributed by atoms with E-state index in [9.17, 15) is 4.79 Å². The maximum atomic E-state index is 11.3. The van der Waals surface area contributed by atoms with Crippen molar-refractivity contribution in [1.29, 1.82) is 0 Å². The smallest absolute Gasteiger partial charge is 0.176 e. The molecule has 0 aliphatic rings. The van der Waals surface area contributed by atoms with E-state index in [0.29, 0.717) is 6.54 Å². The molecule has 2 nitrogen and oxygen atoms in total. The van der Waals surface area contributed by atoms with E-state index in [-0.39, 0.29) is 5.78 Å². The van der Waals surface area contributed by atoms with Gasteiger partial charge in [-0.05, 0) is 6.54 Å². The second kappa shape index (κ2) is 4.67. The number of hydrogen-bond acceptors (Lipinski definition) is 2. The molecule has 0 aliphatic heterocycles. The number of rotatable bonds is 4. The first kappa shape index (κ1) is 8.94. The molecule has 0 heterocycles. The number of nitrogens with one attached hydrogen (secondary N) is 1. The van der Waals surface area contributed by atoms with Gasteiger partial charge >= 0.3 is 0 Å². The van der Waals surface area contributed by atoms with Crippen LogP contribution in [0.15, 0.2) is 30.3 Å². The second-order valence-corrected chi connectivity index (χ2v) is 2.57. The van der Waals surface area contributed by atoms with Crippen LogP contribution in [0, 0.1) is 0 Å². The van der Waals surface area contributed by atoms with Gasteiger partial charge in [-0.3, -0.25) is 4.79 Å². The fraction of sp³-hybridized carbons (Fsp3) is 0.300. The van der Waals surface area contributed by atoms with Crippen molar-refractivity contribution in [2.75, 3.05) is 13.1 Å². The van der Waals surface area contributed by atoms with Gasteiger partial charge in [0.15, 0.2) is 5.78 Å². The van der Waals surface area contributed by atoms with Gasteiger partial charge in [0.05, 0.1) is 6.54 Å². The minimum atomic E-state index is 0.150. The Bertz CT molecular complexity index is 243. The summed E-state index contributed by atoms with van der Waals surface area (Å²) in [7, 11) is 0. The molecule has 0 saturated heterocycles. The lowest BCUT2D eigenvalue weighted by Gasteiger charge is -1.99. The Labute approximate surface area is 72.6 Å². The SMILES string of the molecule is CCNCC(=O)c1ccccc1. The van der Waals surface area contributed by atoms with Crippen molar-refractivity contribution in [3.8, 4) is 0 Å². The highest BCUT2D eigenvalue weighted by molar-refractivity contribution is 5.97. The number of hydrogen-bond donors (Lipinski definition) is 1. The summed E-state index contributed by atoms with van der Waals surface area (Å²) in [4.78, 5) is 11.3. The molecule has 2 heteroatoms. The minimum absolute atomic E-state index is 0.150. The van der Waals surface area contributed by atoms with Crippen molar-refractivity contribution >= 4 is 5.78 Å². The first-order valence-corrected chi connectivity index (χ1v) is 4.13. The number of likely N-dealkylation sites (N-methyl/N-ethyl adjacent to an activating group) is 1. The van der Waals surface area contributed by atoms with Crippen LogP contribution in [0.25, 0.3) is 0 Å². The molecule has 12 heavy (non-hydrogen) atoms. The Morgan fingerprint density at radius 3 is 2.58 bits per heavy atom. The van der Waals surface area contributed by atoms with Crippen molar-refractivity contribution in [1.82, 2.24) is 5.32 Å². The number of ketones is 1. The first-order valence-electron chi connectivity index (χ1n) is 4.13. The quantitative estimate of drug-likeness (QED) is 0.681. The minimum Gasteiger partial charge on any atom is -0.310 e. The van der Waals surface area contributed by atoms with E-state index in [2.05, 4.69) is 5.32 Å². The Hall–Kier alpha value is -1.15. The topological polar surface area (TPSA) is 29.1 Å². The fourth-order valence-electron chi connectivity index (χ4n) is 0.965. The number of benzene rings is 1. The molecule has 0 fully saturated rings. The Morgan fingerprint density at radius 2 is 2.00 bits per heavy atom. The first-order chi connectivity index (χ1) is 5.84. The molecule has 1 N–H and O–H groups in total. The molecule has 0 saturated carbocycles. The second-order valence-electron chi connectivity index (χ2n) is 2.57. The number of Topliss-reactive ketones (excluding diaryl/α,β-unsaturated/α-hetero) is 1. The lowest BCUT2D eigenvalue weighted by molar-refractivity contribution is 0.0992. The van der Waals surface area contributed by atoms with Gasteiger partial charge in [-0.1, -0.05) is 37.3 Å². The number of carbonyl (C=O) groups excluding carboxylic acids is 1. The van der Waals surface area contributed by atoms with Crippen molar-refractivity contribution < 1.29 is 4.79 Å². The van der Waals surface area contributed by atoms with Gasteiger partial charge in [-0.2, -0.15) is 0 Å². The summed E-state index contributed by atoms with van der Waals surface area (Å²) in [6, 6.07) is 9.32. The Kier molecular flexibility index (Phi) is 3.48. The monoisotopic (exact) mass is 163 g/mol. The van der Waals surface area contributed by atoms with E-state index in [1.54, 1.807) is 0 Å². The summed E-state index contributed by atoms with van der Waals surface area (Å²) in [5.41, 5.74) is 0.776. The summed E-state index contributed by atoms with van der Waals surface area (Å²) in [5.74, 6) is 0.150. The van der Waals surface area contributed by atoms with Gasteiger partial charge in [0.2, 0.25) is 0 Å². The summed E-state index contributed by atoms with van der Waals surface area (Å²) in [6.07, 6.45) is 0. The van der Waals surface area contributed by atoms with Crippen molar-refractivity contribution in [2.24, 2.45) is 0 Å². The number of carbonyl (C=O) groups is 1. The molecule has 1 aromatic carbocycles. The molecule has 0 bridgehead atoms. The highest BCUT2D eigenvalue weighted by atomic mass is 16.1. The van der Waals surface area contributed by atoms with Gasteiger partial charge in [0, 0.05) is 5.56 Å². The summed E-state index contributed by atoms with van der Waals surface area (Å²) in [6.45, 7) is 3.25. The van der Waals surface area contributed by atoms with Crippen LogP contribution < -0.4 is 5.32 Å². The predicted octanol–water partition coefficient (Wildman–Crippen LogP) is 1.48. The molecule has 0 atom stereocenters. The Balaban J connectivity index is 2.54. The average molecular weight is 163 g/mol. The van der Waals surface area contributed by atoms with E-state index in [4.69, 9.17) is 0 Å². The third-order valence-electron chi connectivity index (χ3n) is 1.63. The van der Waals surface area contributed by atoms with E-state index >= 15 is 0 Å². The van der Waals surface area contributed by atoms with E-state index in [1.807, 2.05) is 37.3 Å². The van der Waals surface area contributed by atoms with Crippen LogP contribution in [-0.4, -0.2) is 18.9 Å². The van der Waals surface area contributed by atoms with E-state index in [0.717, 1.165) is 12.1 Å². The zero-order chi connectivity index (χ0) is 8.81. The van der Waals surface area contributed by atoms with Crippen LogP contribution in [0.1, 0.15) is 17.3 Å². The Morgan fingerprint density at radius 1 is 1.33 bits per heavy atom. The normalized spacial score (nSPS) is 9.75. The molecule has 0 aliphatic carbocycles. The molecule has 0 aromatic heterocycles. The van der Waals surface area contributed by atoms with Crippen molar-refractivity contribution in [3.05, 3.63) is 35.9 Å². The molecule has 0 spiro atoms. The van der Waals surface area contributed by atoms with Gasteiger partial charge < -0.3 is 5.32 Å². The largest absolute Gasteiger partial charge is 0.310 e. The summed E-state index contributed by atoms with van der Waals surface area (Å²) < 4.78 is 0. The van der Waals surface area contributed by atoms with Crippen LogP contribution in [0.4, 0.5) is 0 Å². The molecule has 0 radical (unpaired) electrons. The predicted molar refractivity (Wildman–Crippen MR) is 49.3 cm³/mol. The van der Waals surface area contributed by atoms with Crippen LogP contribution in [0.2, 0.25) is 0 Å². The van der Waals surface area contributed by atoms with E-state index < -0.39 is 0 Å². The highest BCUT2D eigenvalue weighted by Gasteiger charge is 2.01. The molecular formula is C10H13NO. The third kappa shape index (κ3) is 2.47. The summed E-state index contributed by atoms with van der Waals surface area (Å²) in [5, 5.41) is 3.00. The average Bonchev–Trinajstić information content (AvgIpc) is 2.15. The van der Waals surface area contributed by atoms with Gasteiger partial charge in [0.25, 0.3) is 0 Å². The van der Waals surface area contributed by atoms with Gasteiger partial charge in [0.1, 0.15) is 0 Å². The maximum Gasteiger partial charge on any atom is 0.176 e. The van der Waals surface area contributed by atoms with Crippen LogP contribution in [-0.2, 0) is 0 Å². The lowest BCUT2D eigenvalue weighted by Crippen LogP contribution is -2.22. The van der Waals surface area contributed by atoms with E-state index in [1.165, 1.54) is 0 Å². The fourth-order valence-corrected chi connectivity index (χ4v) is 0.965.